The number of aliphatic hydroxyl groups is 1. The molecule has 0 bridgehead atoms. The third-order valence-corrected chi connectivity index (χ3v) is 3.99. The monoisotopic (exact) mass is 295 g/mol. The van der Waals surface area contributed by atoms with Gasteiger partial charge in [-0.15, -0.1) is 0 Å². The Balaban J connectivity index is 2.27. The number of hydrogen-bond acceptors (Lipinski definition) is 2. The first-order chi connectivity index (χ1) is 10.6. The van der Waals surface area contributed by atoms with E-state index in [1.54, 1.807) is 6.07 Å². The summed E-state index contributed by atoms with van der Waals surface area (Å²) in [5, 5.41) is 10.3. The molecule has 22 heavy (non-hydrogen) atoms. The van der Waals surface area contributed by atoms with E-state index < -0.39 is 0 Å². The van der Waals surface area contributed by atoms with Gasteiger partial charge in [0.25, 0.3) is 0 Å². The molecule has 0 aliphatic heterocycles. The van der Waals surface area contributed by atoms with Crippen LogP contribution in [0, 0.1) is 19.7 Å². The Morgan fingerprint density at radius 3 is 2.64 bits per heavy atom. The van der Waals surface area contributed by atoms with Crippen LogP contribution in [0.5, 0.6) is 0 Å². The quantitative estimate of drug-likeness (QED) is 0.786. The molecule has 0 fully saturated rings. The van der Waals surface area contributed by atoms with Crippen LogP contribution in [0.1, 0.15) is 16.7 Å². The van der Waals surface area contributed by atoms with Crippen molar-refractivity contribution in [2.45, 2.75) is 20.3 Å². The van der Waals surface area contributed by atoms with E-state index in [1.807, 2.05) is 38.1 Å². The molecular weight excluding hydrogens is 277 g/mol. The molecule has 0 unspecified atom stereocenters. The molecule has 3 aromatic rings. The van der Waals surface area contributed by atoms with Crippen LogP contribution in [0.3, 0.4) is 0 Å². The largest absolute Gasteiger partial charge is 0.396 e. The lowest BCUT2D eigenvalue weighted by molar-refractivity contribution is 0.300. The first-order valence-corrected chi connectivity index (χ1v) is 7.37. The number of halogens is 1. The maximum absolute atomic E-state index is 13.6. The van der Waals surface area contributed by atoms with Crippen LogP contribution in [0.25, 0.3) is 22.2 Å². The van der Waals surface area contributed by atoms with E-state index >= 15 is 0 Å². The molecular formula is C19H18FNO. The summed E-state index contributed by atoms with van der Waals surface area (Å²) in [5.74, 6) is -0.260. The Morgan fingerprint density at radius 2 is 1.86 bits per heavy atom. The van der Waals surface area contributed by atoms with Gasteiger partial charge in [0.1, 0.15) is 5.82 Å². The van der Waals surface area contributed by atoms with Crippen LogP contribution < -0.4 is 0 Å². The highest BCUT2D eigenvalue weighted by atomic mass is 19.1. The number of aromatic nitrogens is 1. The predicted molar refractivity (Wildman–Crippen MR) is 87.4 cm³/mol. The van der Waals surface area contributed by atoms with Crippen LogP contribution in [-0.4, -0.2) is 16.7 Å². The number of benzene rings is 2. The van der Waals surface area contributed by atoms with E-state index in [0.717, 1.165) is 38.9 Å². The van der Waals surface area contributed by atoms with Crippen molar-refractivity contribution in [1.29, 1.82) is 0 Å². The highest BCUT2D eigenvalue weighted by Crippen LogP contribution is 2.28. The second-order valence-corrected chi connectivity index (χ2v) is 5.57. The highest BCUT2D eigenvalue weighted by Gasteiger charge is 2.10. The van der Waals surface area contributed by atoms with Gasteiger partial charge in [-0.1, -0.05) is 24.3 Å². The van der Waals surface area contributed by atoms with E-state index in [4.69, 9.17) is 4.98 Å². The fraction of sp³-hybridized carbons (Fsp3) is 0.211. The second-order valence-electron chi connectivity index (χ2n) is 5.57. The fourth-order valence-corrected chi connectivity index (χ4v) is 2.81. The van der Waals surface area contributed by atoms with E-state index in [-0.39, 0.29) is 12.4 Å². The summed E-state index contributed by atoms with van der Waals surface area (Å²) in [4.78, 5) is 4.75. The molecule has 1 heterocycles. The van der Waals surface area contributed by atoms with Crippen molar-refractivity contribution in [3.05, 3.63) is 65.0 Å². The van der Waals surface area contributed by atoms with Gasteiger partial charge in [0, 0.05) is 17.6 Å². The number of pyridine rings is 1. The summed E-state index contributed by atoms with van der Waals surface area (Å²) in [6, 6.07) is 12.7. The van der Waals surface area contributed by atoms with Crippen molar-refractivity contribution in [3.63, 3.8) is 0 Å². The van der Waals surface area contributed by atoms with Crippen LogP contribution in [0.2, 0.25) is 0 Å². The number of nitrogens with zero attached hydrogens (tertiary/aromatic N) is 1. The van der Waals surface area contributed by atoms with Gasteiger partial charge < -0.3 is 5.11 Å². The lowest BCUT2D eigenvalue weighted by atomic mass is 9.99. The molecule has 0 amide bonds. The van der Waals surface area contributed by atoms with Gasteiger partial charge in [-0.2, -0.15) is 0 Å². The van der Waals surface area contributed by atoms with Crippen molar-refractivity contribution in [2.24, 2.45) is 0 Å². The third-order valence-electron chi connectivity index (χ3n) is 3.99. The molecule has 0 spiro atoms. The molecule has 3 rings (SSSR count). The Bertz CT molecular complexity index is 842. The van der Waals surface area contributed by atoms with E-state index in [2.05, 4.69) is 0 Å². The van der Waals surface area contributed by atoms with Crippen LogP contribution in [0.15, 0.2) is 42.5 Å². The van der Waals surface area contributed by atoms with Gasteiger partial charge in [0.15, 0.2) is 0 Å². The highest BCUT2D eigenvalue weighted by molar-refractivity contribution is 5.87. The summed E-state index contributed by atoms with van der Waals surface area (Å²) in [6.07, 6.45) is 0.565. The Morgan fingerprint density at radius 1 is 1.05 bits per heavy atom. The summed E-state index contributed by atoms with van der Waals surface area (Å²) in [5.41, 5.74) is 5.57. The maximum atomic E-state index is 13.6. The SMILES string of the molecule is Cc1ccc(F)cc1-c1cc(C)c2cccc(CCO)c2n1. The lowest BCUT2D eigenvalue weighted by Gasteiger charge is -2.12. The van der Waals surface area contributed by atoms with Crippen LogP contribution in [0.4, 0.5) is 4.39 Å². The van der Waals surface area contributed by atoms with Gasteiger partial charge in [0.05, 0.1) is 11.2 Å². The van der Waals surface area contributed by atoms with Gasteiger partial charge in [0.2, 0.25) is 0 Å². The zero-order chi connectivity index (χ0) is 15.7. The average molecular weight is 295 g/mol. The lowest BCUT2D eigenvalue weighted by Crippen LogP contribution is -1.97. The molecule has 2 aromatic carbocycles. The Labute approximate surface area is 129 Å². The molecule has 0 aliphatic rings. The van der Waals surface area contributed by atoms with Gasteiger partial charge in [-0.25, -0.2) is 9.37 Å². The minimum Gasteiger partial charge on any atom is -0.396 e. The first kappa shape index (κ1) is 14.7. The summed E-state index contributed by atoms with van der Waals surface area (Å²) in [6.45, 7) is 4.07. The predicted octanol–water partition coefficient (Wildman–Crippen LogP) is 4.19. The molecule has 1 aromatic heterocycles. The molecule has 1 N–H and O–H groups in total. The minimum absolute atomic E-state index is 0.0864. The standard InChI is InChI=1S/C19H18FNO/c1-12-6-7-15(20)11-17(12)18-10-13(2)16-5-3-4-14(8-9-22)19(16)21-18/h3-7,10-11,22H,8-9H2,1-2H3. The zero-order valence-corrected chi connectivity index (χ0v) is 12.7. The number of fused-ring (bicyclic) bond motifs is 1. The van der Waals surface area contributed by atoms with Crippen molar-refractivity contribution < 1.29 is 9.50 Å². The van der Waals surface area contributed by atoms with Crippen molar-refractivity contribution in [2.75, 3.05) is 6.61 Å². The fourth-order valence-electron chi connectivity index (χ4n) is 2.81. The number of aliphatic hydroxyl groups excluding tert-OH is 1. The molecule has 0 radical (unpaired) electrons. The topological polar surface area (TPSA) is 33.1 Å². The Kier molecular flexibility index (Phi) is 3.90. The van der Waals surface area contributed by atoms with Crippen molar-refractivity contribution in [1.82, 2.24) is 4.98 Å². The third kappa shape index (κ3) is 2.60. The summed E-state index contributed by atoms with van der Waals surface area (Å²) in [7, 11) is 0. The molecule has 2 nitrogen and oxygen atoms in total. The molecule has 0 aliphatic carbocycles. The smallest absolute Gasteiger partial charge is 0.123 e. The molecule has 0 atom stereocenters. The van der Waals surface area contributed by atoms with Gasteiger partial charge in [-0.05, 0) is 55.2 Å². The maximum Gasteiger partial charge on any atom is 0.123 e. The van der Waals surface area contributed by atoms with Crippen LogP contribution in [-0.2, 0) is 6.42 Å². The van der Waals surface area contributed by atoms with Gasteiger partial charge >= 0.3 is 0 Å². The summed E-state index contributed by atoms with van der Waals surface area (Å²) < 4.78 is 13.6. The zero-order valence-electron chi connectivity index (χ0n) is 12.7. The average Bonchev–Trinajstić information content (AvgIpc) is 2.50. The van der Waals surface area contributed by atoms with E-state index in [1.165, 1.54) is 12.1 Å². The van der Waals surface area contributed by atoms with Crippen molar-refractivity contribution in [3.8, 4) is 11.3 Å². The molecule has 3 heteroatoms. The van der Waals surface area contributed by atoms with E-state index in [0.29, 0.717) is 6.42 Å². The molecule has 112 valence electrons. The van der Waals surface area contributed by atoms with E-state index in [9.17, 15) is 9.50 Å². The van der Waals surface area contributed by atoms with Crippen molar-refractivity contribution >= 4 is 10.9 Å². The Hall–Kier alpha value is -2.26. The second kappa shape index (κ2) is 5.85. The number of aryl methyl sites for hydroxylation is 2. The normalized spacial score (nSPS) is 11.1. The number of hydrogen-bond donors (Lipinski definition) is 1. The first-order valence-electron chi connectivity index (χ1n) is 7.37. The minimum atomic E-state index is -0.260. The molecule has 0 saturated carbocycles. The number of para-hydroxylation sites is 1. The summed E-state index contributed by atoms with van der Waals surface area (Å²) >= 11 is 0. The van der Waals surface area contributed by atoms with Gasteiger partial charge in [-0.3, -0.25) is 0 Å². The number of rotatable bonds is 3. The van der Waals surface area contributed by atoms with Crippen LogP contribution >= 0.6 is 0 Å². The molecule has 0 saturated heterocycles.